The van der Waals surface area contributed by atoms with Crippen LogP contribution >= 0.6 is 35.3 Å². The Morgan fingerprint density at radius 1 is 1.32 bits per heavy atom. The highest BCUT2D eigenvalue weighted by atomic mass is 127. The van der Waals surface area contributed by atoms with Gasteiger partial charge in [0.1, 0.15) is 22.7 Å². The molecule has 0 saturated carbocycles. The van der Waals surface area contributed by atoms with E-state index in [4.69, 9.17) is 4.74 Å². The van der Waals surface area contributed by atoms with Gasteiger partial charge in [-0.05, 0) is 26.0 Å². The molecule has 1 atom stereocenters. The number of thiazole rings is 1. The van der Waals surface area contributed by atoms with Crippen LogP contribution in [0.15, 0.2) is 34.6 Å². The van der Waals surface area contributed by atoms with E-state index < -0.39 is 11.9 Å². The van der Waals surface area contributed by atoms with E-state index in [-0.39, 0.29) is 47.5 Å². The summed E-state index contributed by atoms with van der Waals surface area (Å²) >= 11 is 0.910. The Morgan fingerprint density at radius 2 is 2.07 bits per heavy atom. The number of alkyl halides is 3. The fourth-order valence-electron chi connectivity index (χ4n) is 2.06. The largest absolute Gasteiger partial charge is 0.489 e. The zero-order chi connectivity index (χ0) is 19.9. The van der Waals surface area contributed by atoms with Crippen LogP contribution in [0.25, 0.3) is 0 Å². The molecule has 2 aromatic rings. The fourth-order valence-corrected chi connectivity index (χ4v) is 2.78. The summed E-state index contributed by atoms with van der Waals surface area (Å²) < 4.78 is 56.5. The third-order valence-electron chi connectivity index (χ3n) is 3.25. The second-order valence-electron chi connectivity index (χ2n) is 5.59. The summed E-state index contributed by atoms with van der Waals surface area (Å²) in [5.41, 5.74) is -0.909. The molecule has 0 amide bonds. The van der Waals surface area contributed by atoms with Gasteiger partial charge in [0, 0.05) is 18.0 Å². The van der Waals surface area contributed by atoms with Gasteiger partial charge in [0.05, 0.1) is 13.1 Å². The maximum Gasteiger partial charge on any atom is 0.434 e. The van der Waals surface area contributed by atoms with Crippen LogP contribution in [0.4, 0.5) is 17.6 Å². The first-order valence-electron chi connectivity index (χ1n) is 8.24. The number of guanidine groups is 1. The van der Waals surface area contributed by atoms with E-state index in [1.165, 1.54) is 12.1 Å². The molecule has 1 aromatic carbocycles. The lowest BCUT2D eigenvalue weighted by molar-refractivity contribution is -0.140. The zero-order valence-electron chi connectivity index (χ0n) is 15.2. The number of hydrogen-bond donors (Lipinski definition) is 2. The van der Waals surface area contributed by atoms with E-state index in [0.29, 0.717) is 24.8 Å². The summed E-state index contributed by atoms with van der Waals surface area (Å²) in [6.07, 6.45) is -4.74. The molecule has 0 aliphatic rings. The molecular weight excluding hydrogens is 511 g/mol. The van der Waals surface area contributed by atoms with Crippen LogP contribution in [0.5, 0.6) is 5.75 Å². The lowest BCUT2D eigenvalue weighted by atomic mass is 10.3. The van der Waals surface area contributed by atoms with E-state index in [9.17, 15) is 17.6 Å². The lowest BCUT2D eigenvalue weighted by Gasteiger charge is -2.17. The minimum Gasteiger partial charge on any atom is -0.489 e. The average molecular weight is 532 g/mol. The van der Waals surface area contributed by atoms with Gasteiger partial charge in [0.2, 0.25) is 0 Å². The third-order valence-corrected chi connectivity index (χ3v) is 4.08. The molecule has 1 aromatic heterocycles. The molecule has 2 N–H and O–H groups in total. The van der Waals surface area contributed by atoms with Gasteiger partial charge < -0.3 is 15.4 Å². The molecule has 0 spiro atoms. The molecule has 11 heteroatoms. The van der Waals surface area contributed by atoms with Crippen LogP contribution in [0.3, 0.4) is 0 Å². The Kier molecular flexibility index (Phi) is 9.93. The van der Waals surface area contributed by atoms with E-state index in [1.807, 2.05) is 6.92 Å². The standard InChI is InChI=1S/C17H20F4N4OS.HI/c1-3-22-16(24-9-15-25-14(10-27-15)17(19,20)21)23-8-11(2)26-13-6-4-5-12(18)7-13;/h4-7,10-11H,3,8-9H2,1-2H3,(H2,22,23,24);1H. The monoisotopic (exact) mass is 532 g/mol. The van der Waals surface area contributed by atoms with Gasteiger partial charge in [-0.15, -0.1) is 35.3 Å². The minimum atomic E-state index is -4.45. The summed E-state index contributed by atoms with van der Waals surface area (Å²) in [5.74, 6) is 0.453. The van der Waals surface area contributed by atoms with Gasteiger partial charge in [0.25, 0.3) is 0 Å². The van der Waals surface area contributed by atoms with Crippen molar-refractivity contribution in [3.63, 3.8) is 0 Å². The predicted octanol–water partition coefficient (Wildman–Crippen LogP) is 4.44. The Labute approximate surface area is 181 Å². The number of halogens is 5. The van der Waals surface area contributed by atoms with Gasteiger partial charge in [-0.3, -0.25) is 0 Å². The zero-order valence-corrected chi connectivity index (χ0v) is 18.4. The Morgan fingerprint density at radius 3 is 2.68 bits per heavy atom. The fraction of sp³-hybridized carbons (Fsp3) is 0.412. The first kappa shape index (κ1) is 24.4. The SMILES string of the molecule is CCNC(=NCc1nc(C(F)(F)F)cs1)NCC(C)Oc1cccc(F)c1.I. The highest BCUT2D eigenvalue weighted by molar-refractivity contribution is 14.0. The van der Waals surface area contributed by atoms with Crippen molar-refractivity contribution in [3.8, 4) is 5.75 Å². The Bertz CT molecular complexity index is 770. The van der Waals surface area contributed by atoms with Crippen LogP contribution in [0, 0.1) is 5.82 Å². The van der Waals surface area contributed by atoms with Crippen molar-refractivity contribution in [1.29, 1.82) is 0 Å². The average Bonchev–Trinajstić information content (AvgIpc) is 3.07. The topological polar surface area (TPSA) is 58.5 Å². The second kappa shape index (κ2) is 11.4. The molecule has 1 heterocycles. The summed E-state index contributed by atoms with van der Waals surface area (Å²) in [4.78, 5) is 7.78. The number of ether oxygens (including phenoxy) is 1. The molecule has 0 aliphatic heterocycles. The van der Waals surface area contributed by atoms with Crippen LogP contribution in [-0.2, 0) is 12.7 Å². The van der Waals surface area contributed by atoms with Crippen molar-refractivity contribution in [2.75, 3.05) is 13.1 Å². The third kappa shape index (κ3) is 8.17. The maximum atomic E-state index is 13.2. The van der Waals surface area contributed by atoms with Crippen LogP contribution < -0.4 is 15.4 Å². The van der Waals surface area contributed by atoms with Crippen molar-refractivity contribution in [3.05, 3.63) is 46.2 Å². The second-order valence-corrected chi connectivity index (χ2v) is 6.53. The van der Waals surface area contributed by atoms with Gasteiger partial charge in [-0.2, -0.15) is 13.2 Å². The molecule has 28 heavy (non-hydrogen) atoms. The quantitative estimate of drug-likeness (QED) is 0.240. The molecule has 0 radical (unpaired) electrons. The summed E-state index contributed by atoms with van der Waals surface area (Å²) in [5, 5.41) is 7.27. The van der Waals surface area contributed by atoms with Gasteiger partial charge >= 0.3 is 6.18 Å². The van der Waals surface area contributed by atoms with E-state index in [1.54, 1.807) is 19.1 Å². The van der Waals surface area contributed by atoms with Gasteiger partial charge in [-0.25, -0.2) is 14.4 Å². The molecule has 1 unspecified atom stereocenters. The number of aromatic nitrogens is 1. The predicted molar refractivity (Wildman–Crippen MR) is 112 cm³/mol. The molecule has 5 nitrogen and oxygen atoms in total. The minimum absolute atomic E-state index is 0. The normalized spacial score (nSPS) is 12.9. The van der Waals surface area contributed by atoms with Crippen molar-refractivity contribution in [1.82, 2.24) is 15.6 Å². The number of nitrogens with zero attached hydrogens (tertiary/aromatic N) is 2. The molecule has 0 fully saturated rings. The maximum absolute atomic E-state index is 13.2. The van der Waals surface area contributed by atoms with Crippen LogP contribution in [0.1, 0.15) is 24.5 Å². The van der Waals surface area contributed by atoms with Crippen molar-refractivity contribution in [2.45, 2.75) is 32.7 Å². The van der Waals surface area contributed by atoms with Crippen molar-refractivity contribution < 1.29 is 22.3 Å². The molecule has 0 aliphatic carbocycles. The number of benzene rings is 1. The first-order valence-corrected chi connectivity index (χ1v) is 9.12. The van der Waals surface area contributed by atoms with Crippen molar-refractivity contribution in [2.24, 2.45) is 4.99 Å². The highest BCUT2D eigenvalue weighted by Gasteiger charge is 2.33. The molecule has 0 bridgehead atoms. The summed E-state index contributed by atoms with van der Waals surface area (Å²) in [6.45, 7) is 4.65. The number of hydrogen-bond acceptors (Lipinski definition) is 4. The Hall–Kier alpha value is -1.63. The summed E-state index contributed by atoms with van der Waals surface area (Å²) in [6, 6.07) is 5.82. The smallest absolute Gasteiger partial charge is 0.434 e. The molecule has 2 rings (SSSR count). The lowest BCUT2D eigenvalue weighted by Crippen LogP contribution is -2.41. The van der Waals surface area contributed by atoms with Gasteiger partial charge in [0.15, 0.2) is 11.7 Å². The first-order chi connectivity index (χ1) is 12.8. The van der Waals surface area contributed by atoms with E-state index in [2.05, 4.69) is 20.6 Å². The van der Waals surface area contributed by atoms with Crippen LogP contribution in [-0.4, -0.2) is 30.1 Å². The number of nitrogens with one attached hydrogen (secondary N) is 2. The molecule has 156 valence electrons. The van der Waals surface area contributed by atoms with E-state index in [0.717, 1.165) is 16.7 Å². The Balaban J connectivity index is 0.00000392. The van der Waals surface area contributed by atoms with Crippen LogP contribution in [0.2, 0.25) is 0 Å². The van der Waals surface area contributed by atoms with Gasteiger partial charge in [-0.1, -0.05) is 6.07 Å². The van der Waals surface area contributed by atoms with E-state index >= 15 is 0 Å². The number of aliphatic imine (C=N–C) groups is 1. The van der Waals surface area contributed by atoms with Crippen molar-refractivity contribution >= 4 is 41.3 Å². The number of rotatable bonds is 7. The molecular formula is C17H21F4IN4OS. The highest BCUT2D eigenvalue weighted by Crippen LogP contribution is 2.30. The molecule has 0 saturated heterocycles. The summed E-state index contributed by atoms with van der Waals surface area (Å²) in [7, 11) is 0.